The first kappa shape index (κ1) is 21.1. The van der Waals surface area contributed by atoms with Crippen molar-refractivity contribution in [2.24, 2.45) is 5.92 Å². The van der Waals surface area contributed by atoms with Gasteiger partial charge in [0.05, 0.1) is 6.54 Å². The maximum Gasteiger partial charge on any atom is 0.440 e. The van der Waals surface area contributed by atoms with E-state index in [9.17, 15) is 27.6 Å². The third-order valence-corrected chi connectivity index (χ3v) is 5.55. The zero-order valence-corrected chi connectivity index (χ0v) is 15.9. The van der Waals surface area contributed by atoms with E-state index >= 15 is 0 Å². The van der Waals surface area contributed by atoms with E-state index in [0.717, 1.165) is 32.1 Å². The molecule has 0 aromatic heterocycles. The molecule has 3 rings (SSSR count). The first-order valence-corrected chi connectivity index (χ1v) is 9.79. The highest BCUT2D eigenvalue weighted by Crippen LogP contribution is 2.35. The standard InChI is InChI=1S/C20H24F3N3O3/c21-20(22,23)19(24-16(27)12-11-14-7-3-1-4-8-14)17(28)26(18(29)25-19)13-15-9-5-2-6-10-15/h2,5-6,9-10,14H,1,3-4,7-8,11-13H2,(H,24,27)(H,25,29)/t19-/m1/s1. The van der Waals surface area contributed by atoms with Crippen LogP contribution in [0.4, 0.5) is 18.0 Å². The fraction of sp³-hybridized carbons (Fsp3) is 0.550. The molecule has 0 bridgehead atoms. The van der Waals surface area contributed by atoms with Gasteiger partial charge in [-0.2, -0.15) is 13.2 Å². The van der Waals surface area contributed by atoms with E-state index in [-0.39, 0.29) is 13.0 Å². The normalized spacial score (nSPS) is 23.2. The number of halogens is 3. The molecular weight excluding hydrogens is 387 g/mol. The molecule has 158 valence electrons. The number of imide groups is 1. The van der Waals surface area contributed by atoms with Gasteiger partial charge in [0.25, 0.3) is 11.6 Å². The molecule has 1 aromatic carbocycles. The molecule has 1 aliphatic carbocycles. The summed E-state index contributed by atoms with van der Waals surface area (Å²) in [6.45, 7) is -0.318. The van der Waals surface area contributed by atoms with E-state index in [1.165, 1.54) is 0 Å². The molecule has 9 heteroatoms. The Morgan fingerprint density at radius 3 is 2.41 bits per heavy atom. The fourth-order valence-corrected chi connectivity index (χ4v) is 3.92. The van der Waals surface area contributed by atoms with Gasteiger partial charge in [0.15, 0.2) is 0 Å². The minimum absolute atomic E-state index is 0.121. The number of hydrogen-bond donors (Lipinski definition) is 2. The number of amides is 4. The summed E-state index contributed by atoms with van der Waals surface area (Å²) in [7, 11) is 0. The summed E-state index contributed by atoms with van der Waals surface area (Å²) in [6.07, 6.45) is 0.337. The Morgan fingerprint density at radius 2 is 1.79 bits per heavy atom. The molecule has 1 atom stereocenters. The van der Waals surface area contributed by atoms with E-state index in [0.29, 0.717) is 22.8 Å². The monoisotopic (exact) mass is 411 g/mol. The van der Waals surface area contributed by atoms with Crippen LogP contribution in [-0.2, 0) is 16.1 Å². The Morgan fingerprint density at radius 1 is 1.14 bits per heavy atom. The van der Waals surface area contributed by atoms with Crippen molar-refractivity contribution in [3.63, 3.8) is 0 Å². The minimum Gasteiger partial charge on any atom is -0.318 e. The quantitative estimate of drug-likeness (QED) is 0.704. The van der Waals surface area contributed by atoms with Gasteiger partial charge in [-0.15, -0.1) is 0 Å². The summed E-state index contributed by atoms with van der Waals surface area (Å²) in [5.74, 6) is -2.12. The third kappa shape index (κ3) is 4.54. The number of benzene rings is 1. The highest BCUT2D eigenvalue weighted by Gasteiger charge is 2.68. The lowest BCUT2D eigenvalue weighted by Crippen LogP contribution is -2.69. The summed E-state index contributed by atoms with van der Waals surface area (Å²) in [4.78, 5) is 37.6. The number of rotatable bonds is 6. The van der Waals surface area contributed by atoms with Crippen LogP contribution in [0, 0.1) is 5.92 Å². The van der Waals surface area contributed by atoms with Crippen molar-refractivity contribution in [1.82, 2.24) is 15.5 Å². The second kappa shape index (κ2) is 8.42. The number of nitrogens with one attached hydrogen (secondary N) is 2. The van der Waals surface area contributed by atoms with Crippen molar-refractivity contribution in [3.8, 4) is 0 Å². The Kier molecular flexibility index (Phi) is 6.14. The number of carbonyl (C=O) groups excluding carboxylic acids is 3. The molecule has 0 unspecified atom stereocenters. The zero-order valence-electron chi connectivity index (χ0n) is 15.9. The second-order valence-corrected chi connectivity index (χ2v) is 7.65. The van der Waals surface area contributed by atoms with Crippen molar-refractivity contribution in [3.05, 3.63) is 35.9 Å². The first-order valence-electron chi connectivity index (χ1n) is 9.79. The molecule has 1 saturated heterocycles. The maximum atomic E-state index is 13.8. The summed E-state index contributed by atoms with van der Waals surface area (Å²) in [5, 5.41) is 3.46. The smallest absolute Gasteiger partial charge is 0.318 e. The predicted octanol–water partition coefficient (Wildman–Crippen LogP) is 3.47. The molecule has 6 nitrogen and oxygen atoms in total. The van der Waals surface area contributed by atoms with Gasteiger partial charge in [-0.3, -0.25) is 19.8 Å². The first-order chi connectivity index (χ1) is 13.7. The zero-order chi connectivity index (χ0) is 21.1. The Bertz CT molecular complexity index is 763. The van der Waals surface area contributed by atoms with Gasteiger partial charge in [0.2, 0.25) is 5.91 Å². The van der Waals surface area contributed by atoms with E-state index in [2.05, 4.69) is 0 Å². The van der Waals surface area contributed by atoms with Crippen LogP contribution in [-0.4, -0.2) is 34.6 Å². The minimum atomic E-state index is -5.17. The van der Waals surface area contributed by atoms with Crippen LogP contribution >= 0.6 is 0 Å². The Balaban J connectivity index is 1.72. The molecule has 2 N–H and O–H groups in total. The van der Waals surface area contributed by atoms with Gasteiger partial charge in [0, 0.05) is 6.42 Å². The van der Waals surface area contributed by atoms with E-state index in [1.54, 1.807) is 41.0 Å². The van der Waals surface area contributed by atoms with Crippen molar-refractivity contribution < 1.29 is 27.6 Å². The molecule has 29 heavy (non-hydrogen) atoms. The Hall–Kier alpha value is -2.58. The van der Waals surface area contributed by atoms with Crippen molar-refractivity contribution in [2.45, 2.75) is 63.3 Å². The molecular formula is C20H24F3N3O3. The van der Waals surface area contributed by atoms with Crippen LogP contribution < -0.4 is 10.6 Å². The van der Waals surface area contributed by atoms with Crippen LogP contribution in [0.1, 0.15) is 50.5 Å². The Labute approximate surface area is 166 Å². The van der Waals surface area contributed by atoms with Crippen LogP contribution in [0.2, 0.25) is 0 Å². The lowest BCUT2D eigenvalue weighted by atomic mass is 9.86. The molecule has 1 aliphatic heterocycles. The van der Waals surface area contributed by atoms with Gasteiger partial charge in [-0.05, 0) is 17.9 Å². The number of carbonyl (C=O) groups is 3. The molecule has 0 spiro atoms. The van der Waals surface area contributed by atoms with Crippen molar-refractivity contribution in [1.29, 1.82) is 0 Å². The highest BCUT2D eigenvalue weighted by atomic mass is 19.4. The summed E-state index contributed by atoms with van der Waals surface area (Å²) < 4.78 is 41.5. The van der Waals surface area contributed by atoms with E-state index in [1.807, 2.05) is 0 Å². The van der Waals surface area contributed by atoms with Crippen molar-refractivity contribution in [2.75, 3.05) is 0 Å². The molecule has 2 fully saturated rings. The molecule has 1 saturated carbocycles. The van der Waals surface area contributed by atoms with E-state index in [4.69, 9.17) is 0 Å². The van der Waals surface area contributed by atoms with Crippen molar-refractivity contribution >= 4 is 17.8 Å². The third-order valence-electron chi connectivity index (χ3n) is 5.55. The summed E-state index contributed by atoms with van der Waals surface area (Å²) in [6, 6.07) is 7.01. The average Bonchev–Trinajstić information content (AvgIpc) is 2.93. The average molecular weight is 411 g/mol. The molecule has 4 amide bonds. The van der Waals surface area contributed by atoms with Crippen LogP contribution in [0.25, 0.3) is 0 Å². The largest absolute Gasteiger partial charge is 0.440 e. The van der Waals surface area contributed by atoms with Gasteiger partial charge < -0.3 is 5.32 Å². The topological polar surface area (TPSA) is 78.5 Å². The summed E-state index contributed by atoms with van der Waals surface area (Å²) >= 11 is 0. The van der Waals surface area contributed by atoms with Crippen LogP contribution in [0.3, 0.4) is 0 Å². The van der Waals surface area contributed by atoms with Crippen LogP contribution in [0.15, 0.2) is 30.3 Å². The number of nitrogens with zero attached hydrogens (tertiary/aromatic N) is 1. The number of hydrogen-bond acceptors (Lipinski definition) is 3. The van der Waals surface area contributed by atoms with E-state index < -0.39 is 29.7 Å². The SMILES string of the molecule is O=C(CCC1CCCCC1)N[C@@]1(C(F)(F)F)NC(=O)N(Cc2ccccc2)C1=O. The van der Waals surface area contributed by atoms with Gasteiger partial charge in [0.1, 0.15) is 0 Å². The van der Waals surface area contributed by atoms with Gasteiger partial charge in [-0.25, -0.2) is 4.79 Å². The second-order valence-electron chi connectivity index (χ2n) is 7.65. The van der Waals surface area contributed by atoms with Gasteiger partial charge in [-0.1, -0.05) is 62.4 Å². The fourth-order valence-electron chi connectivity index (χ4n) is 3.92. The highest BCUT2D eigenvalue weighted by molar-refractivity contribution is 6.08. The van der Waals surface area contributed by atoms with Crippen LogP contribution in [0.5, 0.6) is 0 Å². The lowest BCUT2D eigenvalue weighted by Gasteiger charge is -2.30. The predicted molar refractivity (Wildman–Crippen MR) is 98.3 cm³/mol. The maximum absolute atomic E-state index is 13.8. The molecule has 1 heterocycles. The molecule has 2 aliphatic rings. The number of urea groups is 1. The lowest BCUT2D eigenvalue weighted by molar-refractivity contribution is -0.204. The summed E-state index contributed by atoms with van der Waals surface area (Å²) in [5.41, 5.74) is -2.93. The molecule has 0 radical (unpaired) electrons. The number of alkyl halides is 3. The molecule has 1 aromatic rings. The van der Waals surface area contributed by atoms with Gasteiger partial charge >= 0.3 is 12.2 Å².